The highest BCUT2D eigenvalue weighted by molar-refractivity contribution is 7.71. The Kier molecular flexibility index (Phi) is 8.31. The lowest BCUT2D eigenvalue weighted by Crippen LogP contribution is -2.51. The van der Waals surface area contributed by atoms with Gasteiger partial charge in [-0.3, -0.25) is 10.1 Å². The molecule has 1 atom stereocenters. The van der Waals surface area contributed by atoms with Gasteiger partial charge < -0.3 is 9.80 Å². The van der Waals surface area contributed by atoms with Crippen molar-refractivity contribution in [3.8, 4) is 0 Å². The van der Waals surface area contributed by atoms with Crippen LogP contribution in [0, 0.1) is 20.8 Å². The van der Waals surface area contributed by atoms with Crippen molar-refractivity contribution in [3.05, 3.63) is 91.2 Å². The summed E-state index contributed by atoms with van der Waals surface area (Å²) in [7, 11) is 2.21. The van der Waals surface area contributed by atoms with E-state index in [4.69, 9.17) is 22.4 Å². The molecule has 37 heavy (non-hydrogen) atoms. The zero-order chi connectivity index (χ0) is 26.6. The Morgan fingerprint density at radius 2 is 1.78 bits per heavy atom. The quantitative estimate of drug-likeness (QED) is 0.125. The number of nitrogens with zero attached hydrogens (tertiary/aromatic N) is 7. The Morgan fingerprint density at radius 1 is 1.14 bits per heavy atom. The maximum absolute atomic E-state index is 11.0. The highest BCUT2D eigenvalue weighted by Crippen LogP contribution is 2.25. The molecule has 1 aromatic heterocycles. The van der Waals surface area contributed by atoms with E-state index in [9.17, 15) is 10.1 Å². The SMILES string of the molecule is CC(C)Cc1ccc(C(C)c2nn(C[N+]3(C)CC[N-]CC3)c(=S)n2/N=C/c2ccc([N+](=O)[O-])cc2)cc1. The van der Waals surface area contributed by atoms with Crippen LogP contribution in [0.15, 0.2) is 53.6 Å². The summed E-state index contributed by atoms with van der Waals surface area (Å²) in [6.45, 7) is 10.8. The Labute approximate surface area is 223 Å². The third-order valence-electron chi connectivity index (χ3n) is 6.85. The van der Waals surface area contributed by atoms with Gasteiger partial charge in [-0.15, -0.1) is 5.10 Å². The topological polar surface area (TPSA) is 92.3 Å². The fourth-order valence-electron chi connectivity index (χ4n) is 4.57. The van der Waals surface area contributed by atoms with E-state index < -0.39 is 4.92 Å². The van der Waals surface area contributed by atoms with E-state index in [0.29, 0.717) is 17.4 Å². The van der Waals surface area contributed by atoms with Crippen molar-refractivity contribution < 1.29 is 9.41 Å². The number of quaternary nitrogens is 1. The molecule has 10 heteroatoms. The van der Waals surface area contributed by atoms with Crippen molar-refractivity contribution in [3.63, 3.8) is 0 Å². The molecule has 0 radical (unpaired) electrons. The van der Waals surface area contributed by atoms with Crippen LogP contribution >= 0.6 is 12.2 Å². The summed E-state index contributed by atoms with van der Waals surface area (Å²) in [6, 6.07) is 15.0. The zero-order valence-corrected chi connectivity index (χ0v) is 22.8. The number of aromatic nitrogens is 3. The van der Waals surface area contributed by atoms with Crippen LogP contribution in [0.2, 0.25) is 0 Å². The standard InChI is InChI=1S/C27H35N7O2S/c1-20(2)17-22-5-9-24(10-6-22)21(3)26-30-31(19-34(4)15-13-28-14-16-34)27(37)32(26)29-18-23-7-11-25(12-8-23)33(35)36/h5-12,18,20-21H,13-17,19H2,1-4H3/b29-18+. The number of benzene rings is 2. The summed E-state index contributed by atoms with van der Waals surface area (Å²) >= 11 is 5.87. The van der Waals surface area contributed by atoms with Gasteiger partial charge in [-0.1, -0.05) is 58.1 Å². The molecule has 3 aromatic rings. The summed E-state index contributed by atoms with van der Waals surface area (Å²) in [6.07, 6.45) is 2.71. The molecule has 1 aliphatic heterocycles. The van der Waals surface area contributed by atoms with Crippen LogP contribution in [-0.2, 0) is 13.1 Å². The van der Waals surface area contributed by atoms with Crippen LogP contribution in [0.4, 0.5) is 5.69 Å². The van der Waals surface area contributed by atoms with Crippen LogP contribution in [0.5, 0.6) is 0 Å². The van der Waals surface area contributed by atoms with Crippen molar-refractivity contribution in [1.82, 2.24) is 14.5 Å². The number of nitro benzene ring substituents is 1. The Hall–Kier alpha value is -3.21. The molecular weight excluding hydrogens is 486 g/mol. The van der Waals surface area contributed by atoms with Gasteiger partial charge in [0.2, 0.25) is 4.77 Å². The lowest BCUT2D eigenvalue weighted by atomic mass is 9.96. The molecule has 196 valence electrons. The van der Waals surface area contributed by atoms with Crippen molar-refractivity contribution in [2.45, 2.75) is 39.8 Å². The predicted molar refractivity (Wildman–Crippen MR) is 149 cm³/mol. The molecular formula is C27H35N7O2S. The second-order valence-electron chi connectivity index (χ2n) is 10.5. The molecule has 2 aromatic carbocycles. The highest BCUT2D eigenvalue weighted by Gasteiger charge is 2.25. The third-order valence-corrected chi connectivity index (χ3v) is 7.23. The summed E-state index contributed by atoms with van der Waals surface area (Å²) in [5.74, 6) is 1.32. The van der Waals surface area contributed by atoms with Gasteiger partial charge in [0, 0.05) is 18.1 Å². The molecule has 0 amide bonds. The van der Waals surface area contributed by atoms with Gasteiger partial charge in [-0.2, -0.15) is 14.5 Å². The molecule has 0 saturated carbocycles. The van der Waals surface area contributed by atoms with Gasteiger partial charge in [0.05, 0.1) is 31.3 Å². The Bertz CT molecular complexity index is 1300. The summed E-state index contributed by atoms with van der Waals surface area (Å²) < 4.78 is 4.95. The van der Waals surface area contributed by atoms with Gasteiger partial charge in [0.25, 0.3) is 5.69 Å². The predicted octanol–water partition coefficient (Wildman–Crippen LogP) is 5.35. The van der Waals surface area contributed by atoms with E-state index in [2.05, 4.69) is 57.4 Å². The van der Waals surface area contributed by atoms with E-state index in [0.717, 1.165) is 54.0 Å². The largest absolute Gasteiger partial charge is 0.653 e. The molecule has 0 spiro atoms. The number of likely N-dealkylation sites (N-methyl/N-ethyl adjacent to an activating group) is 1. The maximum Gasteiger partial charge on any atom is 0.269 e. The first-order valence-electron chi connectivity index (χ1n) is 12.7. The van der Waals surface area contributed by atoms with Crippen molar-refractivity contribution in [2.24, 2.45) is 11.0 Å². The lowest BCUT2D eigenvalue weighted by molar-refractivity contribution is -0.930. The number of hydrogen-bond donors (Lipinski definition) is 0. The first-order chi connectivity index (χ1) is 17.6. The van der Waals surface area contributed by atoms with Gasteiger partial charge in [0.1, 0.15) is 0 Å². The number of nitro groups is 1. The van der Waals surface area contributed by atoms with E-state index in [1.165, 1.54) is 17.7 Å². The molecule has 1 saturated heterocycles. The molecule has 0 N–H and O–H groups in total. The summed E-state index contributed by atoms with van der Waals surface area (Å²) in [5.41, 5.74) is 3.25. The van der Waals surface area contributed by atoms with E-state index >= 15 is 0 Å². The van der Waals surface area contributed by atoms with Crippen LogP contribution in [0.1, 0.15) is 49.2 Å². The van der Waals surface area contributed by atoms with Crippen LogP contribution in [-0.4, -0.2) is 63.3 Å². The summed E-state index contributed by atoms with van der Waals surface area (Å²) in [4.78, 5) is 10.6. The van der Waals surface area contributed by atoms with Crippen molar-refractivity contribution in [2.75, 3.05) is 33.2 Å². The minimum atomic E-state index is -0.412. The average Bonchev–Trinajstić information content (AvgIpc) is 3.17. The van der Waals surface area contributed by atoms with Gasteiger partial charge in [-0.25, -0.2) is 0 Å². The van der Waals surface area contributed by atoms with Gasteiger partial charge >= 0.3 is 0 Å². The second kappa shape index (κ2) is 11.5. The first kappa shape index (κ1) is 26.8. The van der Waals surface area contributed by atoms with Crippen molar-refractivity contribution >= 4 is 24.1 Å². The van der Waals surface area contributed by atoms with E-state index in [-0.39, 0.29) is 11.6 Å². The smallest absolute Gasteiger partial charge is 0.269 e. The van der Waals surface area contributed by atoms with Crippen molar-refractivity contribution in [1.29, 1.82) is 0 Å². The molecule has 1 aliphatic rings. The Morgan fingerprint density at radius 3 is 2.38 bits per heavy atom. The average molecular weight is 522 g/mol. The third kappa shape index (κ3) is 6.57. The minimum Gasteiger partial charge on any atom is -0.653 e. The number of rotatable bonds is 9. The van der Waals surface area contributed by atoms with Crippen LogP contribution < -0.4 is 0 Å². The van der Waals surface area contributed by atoms with Gasteiger partial charge in [-0.05, 0) is 53.4 Å². The van der Waals surface area contributed by atoms with E-state index in [1.54, 1.807) is 23.0 Å². The Balaban J connectivity index is 1.68. The molecule has 4 rings (SSSR count). The second-order valence-corrected chi connectivity index (χ2v) is 10.9. The fraction of sp³-hybridized carbons (Fsp3) is 0.444. The lowest BCUT2D eigenvalue weighted by Gasteiger charge is -2.42. The normalized spacial score (nSPS) is 16.4. The zero-order valence-electron chi connectivity index (χ0n) is 21.9. The van der Waals surface area contributed by atoms with Crippen LogP contribution in [0.25, 0.3) is 5.32 Å². The molecule has 0 aliphatic carbocycles. The highest BCUT2D eigenvalue weighted by atomic mass is 32.1. The summed E-state index contributed by atoms with van der Waals surface area (Å²) in [5, 5.41) is 25.2. The first-order valence-corrected chi connectivity index (χ1v) is 13.1. The minimum absolute atomic E-state index is 0.0354. The monoisotopic (exact) mass is 521 g/mol. The molecule has 2 heterocycles. The van der Waals surface area contributed by atoms with Crippen LogP contribution in [0.3, 0.4) is 0 Å². The van der Waals surface area contributed by atoms with E-state index in [1.807, 2.05) is 4.68 Å². The molecule has 9 nitrogen and oxygen atoms in total. The number of hydrogen-bond acceptors (Lipinski definition) is 5. The maximum atomic E-state index is 11.0. The van der Waals surface area contributed by atoms with Gasteiger partial charge in [0.15, 0.2) is 12.5 Å². The molecule has 1 fully saturated rings. The molecule has 1 unspecified atom stereocenters. The fourth-order valence-corrected chi connectivity index (χ4v) is 4.81. The molecule has 0 bridgehead atoms. The number of piperazine rings is 1. The number of non-ortho nitro benzene ring substituents is 1.